The fraction of sp³-hybridized carbons (Fsp3) is 0.375. The maximum atomic E-state index is 11.8. The molecule has 0 aliphatic carbocycles. The van der Waals surface area contributed by atoms with Crippen molar-refractivity contribution in [3.05, 3.63) is 47.5 Å². The van der Waals surface area contributed by atoms with Crippen LogP contribution in [0.1, 0.15) is 21.9 Å². The number of nitrogens with one attached hydrogen (secondary N) is 1. The van der Waals surface area contributed by atoms with Gasteiger partial charge in [-0.2, -0.15) is 0 Å². The lowest BCUT2D eigenvalue weighted by atomic mass is 10.2. The highest BCUT2D eigenvalue weighted by Gasteiger charge is 2.22. The molecule has 0 atom stereocenters. The Morgan fingerprint density at radius 3 is 2.77 bits per heavy atom. The van der Waals surface area contributed by atoms with E-state index in [1.54, 1.807) is 20.4 Å². The molecule has 1 N–H and O–H groups in total. The van der Waals surface area contributed by atoms with Crippen LogP contribution in [0.4, 0.5) is 0 Å². The van der Waals surface area contributed by atoms with Crippen LogP contribution in [0.25, 0.3) is 0 Å². The van der Waals surface area contributed by atoms with Crippen LogP contribution in [0.2, 0.25) is 0 Å². The molecule has 1 aromatic carbocycles. The van der Waals surface area contributed by atoms with E-state index in [0.29, 0.717) is 5.69 Å². The summed E-state index contributed by atoms with van der Waals surface area (Å²) in [4.78, 5) is 18.5. The highest BCUT2D eigenvalue weighted by Crippen LogP contribution is 2.18. The number of carbonyl (C=O) groups excluding carboxylic acids is 1. The van der Waals surface area contributed by atoms with Crippen molar-refractivity contribution in [3.8, 4) is 5.75 Å². The Bertz CT molecular complexity index is 663. The molecule has 0 unspecified atom stereocenters. The van der Waals surface area contributed by atoms with Gasteiger partial charge in [0, 0.05) is 26.7 Å². The molecule has 22 heavy (non-hydrogen) atoms. The molecule has 0 saturated carbocycles. The molecule has 0 spiro atoms. The van der Waals surface area contributed by atoms with E-state index in [2.05, 4.69) is 27.3 Å². The summed E-state index contributed by atoms with van der Waals surface area (Å²) in [6.45, 7) is 3.31. The largest absolute Gasteiger partial charge is 0.497 e. The van der Waals surface area contributed by atoms with Gasteiger partial charge < -0.3 is 14.6 Å². The number of rotatable bonds is 4. The third kappa shape index (κ3) is 2.82. The second kappa shape index (κ2) is 6.19. The van der Waals surface area contributed by atoms with Crippen LogP contribution in [-0.2, 0) is 19.6 Å². The molecule has 0 radical (unpaired) electrons. The SMILES string of the molecule is CNC(=O)c1cnc2n1CCN(Cc1ccc(OC)cc1)C2. The molecule has 116 valence electrons. The van der Waals surface area contributed by atoms with Gasteiger partial charge in [-0.3, -0.25) is 9.69 Å². The molecule has 1 aliphatic rings. The number of aromatic nitrogens is 2. The van der Waals surface area contributed by atoms with E-state index in [1.165, 1.54) is 5.56 Å². The van der Waals surface area contributed by atoms with Gasteiger partial charge in [0.05, 0.1) is 19.9 Å². The maximum absolute atomic E-state index is 11.8. The quantitative estimate of drug-likeness (QED) is 0.924. The van der Waals surface area contributed by atoms with Crippen molar-refractivity contribution in [2.45, 2.75) is 19.6 Å². The number of carbonyl (C=O) groups is 1. The molecular formula is C16H20N4O2. The van der Waals surface area contributed by atoms with Crippen LogP contribution >= 0.6 is 0 Å². The second-order valence-corrected chi connectivity index (χ2v) is 5.35. The summed E-state index contributed by atoms with van der Waals surface area (Å²) in [6, 6.07) is 8.11. The Labute approximate surface area is 129 Å². The Morgan fingerprint density at radius 1 is 1.32 bits per heavy atom. The first-order valence-corrected chi connectivity index (χ1v) is 7.33. The van der Waals surface area contributed by atoms with Gasteiger partial charge in [-0.15, -0.1) is 0 Å². The Balaban J connectivity index is 1.69. The number of ether oxygens (including phenoxy) is 1. The first kappa shape index (κ1) is 14.6. The van der Waals surface area contributed by atoms with Crippen molar-refractivity contribution in [3.63, 3.8) is 0 Å². The minimum Gasteiger partial charge on any atom is -0.497 e. The molecule has 0 saturated heterocycles. The fourth-order valence-electron chi connectivity index (χ4n) is 2.74. The topological polar surface area (TPSA) is 59.4 Å². The van der Waals surface area contributed by atoms with Crippen LogP contribution in [0.5, 0.6) is 5.75 Å². The number of amides is 1. The van der Waals surface area contributed by atoms with Gasteiger partial charge in [0.15, 0.2) is 0 Å². The number of nitrogens with zero attached hydrogens (tertiary/aromatic N) is 3. The predicted molar refractivity (Wildman–Crippen MR) is 82.7 cm³/mol. The third-order valence-electron chi connectivity index (χ3n) is 3.97. The minimum atomic E-state index is -0.0812. The zero-order chi connectivity index (χ0) is 15.5. The molecule has 0 bridgehead atoms. The van der Waals surface area contributed by atoms with E-state index in [1.807, 2.05) is 16.7 Å². The van der Waals surface area contributed by atoms with Crippen LogP contribution in [0.3, 0.4) is 0 Å². The first-order chi connectivity index (χ1) is 10.7. The number of fused-ring (bicyclic) bond motifs is 1. The minimum absolute atomic E-state index is 0.0812. The van der Waals surface area contributed by atoms with Gasteiger partial charge in [0.2, 0.25) is 0 Å². The number of imidazole rings is 1. The number of methoxy groups -OCH3 is 1. The molecule has 3 rings (SSSR count). The smallest absolute Gasteiger partial charge is 0.269 e. The highest BCUT2D eigenvalue weighted by atomic mass is 16.5. The number of hydrogen-bond donors (Lipinski definition) is 1. The third-order valence-corrected chi connectivity index (χ3v) is 3.97. The van der Waals surface area contributed by atoms with E-state index in [4.69, 9.17) is 4.74 Å². The van der Waals surface area contributed by atoms with Crippen molar-refractivity contribution in [1.29, 1.82) is 0 Å². The van der Waals surface area contributed by atoms with Crippen LogP contribution < -0.4 is 10.1 Å². The normalized spacial score (nSPS) is 14.5. The zero-order valence-corrected chi connectivity index (χ0v) is 12.9. The van der Waals surface area contributed by atoms with Crippen molar-refractivity contribution in [2.24, 2.45) is 0 Å². The van der Waals surface area contributed by atoms with Gasteiger partial charge in [-0.25, -0.2) is 4.98 Å². The summed E-state index contributed by atoms with van der Waals surface area (Å²) in [5.74, 6) is 1.73. The van der Waals surface area contributed by atoms with E-state index in [9.17, 15) is 4.79 Å². The van der Waals surface area contributed by atoms with Gasteiger partial charge >= 0.3 is 0 Å². The molecular weight excluding hydrogens is 280 g/mol. The van der Waals surface area contributed by atoms with Crippen LogP contribution in [-0.4, -0.2) is 41.1 Å². The summed E-state index contributed by atoms with van der Waals surface area (Å²) in [6.07, 6.45) is 1.66. The molecule has 1 aliphatic heterocycles. The summed E-state index contributed by atoms with van der Waals surface area (Å²) in [5.41, 5.74) is 1.88. The molecule has 0 fully saturated rings. The van der Waals surface area contributed by atoms with E-state index in [-0.39, 0.29) is 5.91 Å². The fourth-order valence-corrected chi connectivity index (χ4v) is 2.74. The summed E-state index contributed by atoms with van der Waals surface area (Å²) < 4.78 is 7.18. The highest BCUT2D eigenvalue weighted by molar-refractivity contribution is 5.92. The number of hydrogen-bond acceptors (Lipinski definition) is 4. The standard InChI is InChI=1S/C16H20N4O2/c1-17-16(21)14-9-18-15-11-19(7-8-20(14)15)10-12-3-5-13(22-2)6-4-12/h3-6,9H,7-8,10-11H2,1-2H3,(H,17,21). The molecule has 1 aromatic heterocycles. The predicted octanol–water partition coefficient (Wildman–Crippen LogP) is 1.27. The van der Waals surface area contributed by atoms with Crippen molar-refractivity contribution < 1.29 is 9.53 Å². The van der Waals surface area contributed by atoms with Crippen LogP contribution in [0, 0.1) is 0 Å². The molecule has 1 amide bonds. The van der Waals surface area contributed by atoms with Gasteiger partial charge in [-0.05, 0) is 17.7 Å². The lowest BCUT2D eigenvalue weighted by molar-refractivity contribution is 0.0949. The summed E-state index contributed by atoms with van der Waals surface area (Å²) in [5, 5.41) is 2.65. The molecule has 6 heteroatoms. The average Bonchev–Trinajstić information content (AvgIpc) is 2.98. The van der Waals surface area contributed by atoms with Gasteiger partial charge in [-0.1, -0.05) is 12.1 Å². The summed E-state index contributed by atoms with van der Waals surface area (Å²) >= 11 is 0. The van der Waals surface area contributed by atoms with Crippen molar-refractivity contribution in [2.75, 3.05) is 20.7 Å². The molecule has 6 nitrogen and oxygen atoms in total. The van der Waals surface area contributed by atoms with E-state index in [0.717, 1.165) is 37.8 Å². The monoisotopic (exact) mass is 300 g/mol. The van der Waals surface area contributed by atoms with E-state index >= 15 is 0 Å². The lowest BCUT2D eigenvalue weighted by Gasteiger charge is -2.28. The zero-order valence-electron chi connectivity index (χ0n) is 12.9. The van der Waals surface area contributed by atoms with Gasteiger partial charge in [0.1, 0.15) is 17.3 Å². The average molecular weight is 300 g/mol. The van der Waals surface area contributed by atoms with E-state index < -0.39 is 0 Å². The Morgan fingerprint density at radius 2 is 2.09 bits per heavy atom. The van der Waals surface area contributed by atoms with Crippen LogP contribution in [0.15, 0.2) is 30.5 Å². The molecule has 2 heterocycles. The Kier molecular flexibility index (Phi) is 4.11. The maximum Gasteiger partial charge on any atom is 0.269 e. The summed E-state index contributed by atoms with van der Waals surface area (Å²) in [7, 11) is 3.31. The molecule has 2 aromatic rings. The lowest BCUT2D eigenvalue weighted by Crippen LogP contribution is -2.35. The Hall–Kier alpha value is -2.34. The van der Waals surface area contributed by atoms with Gasteiger partial charge in [0.25, 0.3) is 5.91 Å². The first-order valence-electron chi connectivity index (χ1n) is 7.33. The second-order valence-electron chi connectivity index (χ2n) is 5.35. The van der Waals surface area contributed by atoms with Crippen molar-refractivity contribution in [1.82, 2.24) is 19.8 Å². The van der Waals surface area contributed by atoms with Crippen molar-refractivity contribution >= 4 is 5.91 Å². The number of benzene rings is 1.